The molecule has 0 aliphatic carbocycles. The van der Waals surface area contributed by atoms with Gasteiger partial charge in [-0.3, -0.25) is 0 Å². The highest BCUT2D eigenvalue weighted by Crippen LogP contribution is 2.50. The van der Waals surface area contributed by atoms with Gasteiger partial charge >= 0.3 is 0 Å². The zero-order chi connectivity index (χ0) is 32.2. The Morgan fingerprint density at radius 1 is 0.220 bits per heavy atom. The van der Waals surface area contributed by atoms with Gasteiger partial charge in [0.25, 0.3) is 0 Å². The van der Waals surface area contributed by atoms with Crippen molar-refractivity contribution in [2.45, 2.75) is 0 Å². The first-order valence-electron chi connectivity index (χ1n) is 17.3. The van der Waals surface area contributed by atoms with Crippen molar-refractivity contribution in [1.82, 2.24) is 0 Å². The maximum atomic E-state index is 3.56. The van der Waals surface area contributed by atoms with Crippen LogP contribution in [-0.2, 0) is 0 Å². The molecule has 0 fully saturated rings. The molecule has 0 amide bonds. The van der Waals surface area contributed by atoms with Crippen molar-refractivity contribution < 1.29 is 0 Å². The van der Waals surface area contributed by atoms with E-state index in [2.05, 4.69) is 157 Å². The van der Waals surface area contributed by atoms with Gasteiger partial charge in [-0.25, -0.2) is 0 Å². The predicted octanol–water partition coefficient (Wildman–Crippen LogP) is 12.6. The Balaban J connectivity index is 0.915. The monoisotopic (exact) mass is 622 g/mol. The van der Waals surface area contributed by atoms with E-state index in [4.69, 9.17) is 0 Å². The highest BCUT2D eigenvalue weighted by Gasteiger charge is 2.22. The SMILES string of the molecule is C(#Cc1cc2ccc3ccc4ccc5ccc1c1c5c4c3c21)c1ccc(C#Cc2cc3ccc4ccc5ccc6ccc2c2c6c5c4c32)cc1. The summed E-state index contributed by atoms with van der Waals surface area (Å²) in [6, 6.07) is 49.1. The Hall–Kier alpha value is -6.86. The van der Waals surface area contributed by atoms with E-state index >= 15 is 0 Å². The van der Waals surface area contributed by atoms with Gasteiger partial charge in [-0.05, 0) is 144 Å². The number of hydrogen-bond donors (Lipinski definition) is 0. The molecule has 0 unspecified atom stereocenters. The van der Waals surface area contributed by atoms with E-state index in [0.29, 0.717) is 0 Å². The lowest BCUT2D eigenvalue weighted by atomic mass is 9.95. The molecule has 13 rings (SSSR count). The molecular weight excluding hydrogens is 601 g/mol. The van der Waals surface area contributed by atoms with Crippen LogP contribution >= 0.6 is 0 Å². The summed E-state index contributed by atoms with van der Waals surface area (Å²) in [5.41, 5.74) is 4.12. The van der Waals surface area contributed by atoms with Crippen molar-refractivity contribution in [2.75, 3.05) is 0 Å². The first-order valence-corrected chi connectivity index (χ1v) is 17.3. The van der Waals surface area contributed by atoms with Crippen LogP contribution in [-0.4, -0.2) is 0 Å². The minimum Gasteiger partial charge on any atom is -0.0616 e. The molecule has 0 spiro atoms. The Labute approximate surface area is 286 Å². The standard InChI is InChI=1S/C50H22/c1-2-28(6-8-36-26-38-20-18-32-12-10-30-14-16-34-22-24-40(36)50-46(34)42(30)44(32)48(38)50)4-3-27(1)5-7-35-25-37-19-17-31-11-9-29-13-15-33-21-23-39(35)49-45(33)41(29)43(31)47(37)49/h1-4,9-26H. The second-order valence-electron chi connectivity index (χ2n) is 14.1. The lowest BCUT2D eigenvalue weighted by molar-refractivity contribution is 1.60. The lowest BCUT2D eigenvalue weighted by Gasteiger charge is -2.07. The van der Waals surface area contributed by atoms with Crippen molar-refractivity contribution in [3.63, 3.8) is 0 Å². The normalized spacial score (nSPS) is 12.5. The second-order valence-corrected chi connectivity index (χ2v) is 14.1. The molecule has 0 nitrogen and oxygen atoms in total. The quantitative estimate of drug-likeness (QED) is 0.117. The summed E-state index contributed by atoms with van der Waals surface area (Å²) in [4.78, 5) is 0. The van der Waals surface area contributed by atoms with Crippen LogP contribution in [0.3, 0.4) is 0 Å². The Morgan fingerprint density at radius 2 is 0.480 bits per heavy atom. The first-order chi connectivity index (χ1) is 24.8. The van der Waals surface area contributed by atoms with Crippen LogP contribution in [0, 0.1) is 23.7 Å². The Morgan fingerprint density at radius 3 is 0.820 bits per heavy atom. The smallest absolute Gasteiger partial charge is 0.0334 e. The molecule has 0 aromatic heterocycles. The van der Waals surface area contributed by atoms with E-state index in [-0.39, 0.29) is 0 Å². The van der Waals surface area contributed by atoms with Crippen LogP contribution in [0.4, 0.5) is 0 Å². The summed E-state index contributed by atoms with van der Waals surface area (Å²) in [7, 11) is 0. The third-order valence-corrected chi connectivity index (χ3v) is 11.6. The molecule has 50 heavy (non-hydrogen) atoms. The van der Waals surface area contributed by atoms with Crippen molar-refractivity contribution >= 4 is 108 Å². The molecule has 0 heteroatoms. The minimum atomic E-state index is 0.986. The van der Waals surface area contributed by atoms with E-state index in [0.717, 1.165) is 22.3 Å². The highest BCUT2D eigenvalue weighted by atomic mass is 14.2. The summed E-state index contributed by atoms with van der Waals surface area (Å²) < 4.78 is 0. The largest absolute Gasteiger partial charge is 0.0616 e. The van der Waals surface area contributed by atoms with Crippen molar-refractivity contribution in [3.8, 4) is 23.7 Å². The van der Waals surface area contributed by atoms with Gasteiger partial charge in [0.05, 0.1) is 0 Å². The van der Waals surface area contributed by atoms with Crippen LogP contribution in [0.2, 0.25) is 0 Å². The molecule has 0 bridgehead atoms. The van der Waals surface area contributed by atoms with Crippen LogP contribution < -0.4 is 0 Å². The fourth-order valence-corrected chi connectivity index (χ4v) is 9.47. The van der Waals surface area contributed by atoms with Gasteiger partial charge in [0, 0.05) is 22.3 Å². The fraction of sp³-hybridized carbons (Fsp3) is 0. The number of benzene rings is 11. The topological polar surface area (TPSA) is 0 Å². The van der Waals surface area contributed by atoms with Gasteiger partial charge < -0.3 is 0 Å². The summed E-state index contributed by atoms with van der Waals surface area (Å²) >= 11 is 0. The Bertz CT molecular complexity index is 3300. The highest BCUT2D eigenvalue weighted by molar-refractivity contribution is 6.46. The molecule has 0 radical (unpaired) electrons. The van der Waals surface area contributed by atoms with E-state index in [1.807, 2.05) is 0 Å². The van der Waals surface area contributed by atoms with Crippen LogP contribution in [0.1, 0.15) is 22.3 Å². The van der Waals surface area contributed by atoms with Gasteiger partial charge in [0.15, 0.2) is 0 Å². The van der Waals surface area contributed by atoms with Crippen molar-refractivity contribution in [1.29, 1.82) is 0 Å². The zero-order valence-electron chi connectivity index (χ0n) is 26.7. The molecule has 0 aliphatic rings. The maximum Gasteiger partial charge on any atom is 0.0334 e. The van der Waals surface area contributed by atoms with E-state index in [1.165, 1.54) is 108 Å². The molecule has 0 atom stereocenters. The second kappa shape index (κ2) is 8.59. The lowest BCUT2D eigenvalue weighted by Crippen LogP contribution is -1.85. The molecule has 222 valence electrons. The predicted molar refractivity (Wildman–Crippen MR) is 213 cm³/mol. The third kappa shape index (κ3) is 2.98. The van der Waals surface area contributed by atoms with Gasteiger partial charge in [-0.2, -0.15) is 0 Å². The number of rotatable bonds is 0. The van der Waals surface area contributed by atoms with Gasteiger partial charge in [0.1, 0.15) is 0 Å². The molecule has 0 saturated carbocycles. The molecule has 13 aromatic carbocycles. The third-order valence-electron chi connectivity index (χ3n) is 11.6. The van der Waals surface area contributed by atoms with Gasteiger partial charge in [-0.15, -0.1) is 0 Å². The van der Waals surface area contributed by atoms with E-state index in [1.54, 1.807) is 0 Å². The maximum absolute atomic E-state index is 3.56. The zero-order valence-corrected chi connectivity index (χ0v) is 26.7. The van der Waals surface area contributed by atoms with E-state index in [9.17, 15) is 0 Å². The van der Waals surface area contributed by atoms with E-state index < -0.39 is 0 Å². The molecule has 0 heterocycles. The summed E-state index contributed by atoms with van der Waals surface area (Å²) in [6.07, 6.45) is 0. The Kier molecular flexibility index (Phi) is 4.33. The average molecular weight is 623 g/mol. The molecule has 0 aliphatic heterocycles. The van der Waals surface area contributed by atoms with Crippen molar-refractivity contribution in [3.05, 3.63) is 156 Å². The molecule has 0 N–H and O–H groups in total. The summed E-state index contributed by atoms with van der Waals surface area (Å²) in [5, 5.41) is 26.6. The average Bonchev–Trinajstić information content (AvgIpc) is 3.73. The fourth-order valence-electron chi connectivity index (χ4n) is 9.47. The van der Waals surface area contributed by atoms with Crippen LogP contribution in [0.5, 0.6) is 0 Å². The van der Waals surface area contributed by atoms with Crippen molar-refractivity contribution in [2.24, 2.45) is 0 Å². The summed E-state index contributed by atoms with van der Waals surface area (Å²) in [5.74, 6) is 14.1. The van der Waals surface area contributed by atoms with Crippen LogP contribution in [0.15, 0.2) is 133 Å². The molecule has 13 aromatic rings. The first kappa shape index (κ1) is 25.2. The summed E-state index contributed by atoms with van der Waals surface area (Å²) in [6.45, 7) is 0. The minimum absolute atomic E-state index is 0.986. The molecule has 0 saturated heterocycles. The van der Waals surface area contributed by atoms with Gasteiger partial charge in [-0.1, -0.05) is 121 Å². The number of hydrogen-bond acceptors (Lipinski definition) is 0. The van der Waals surface area contributed by atoms with Gasteiger partial charge in [0.2, 0.25) is 0 Å². The van der Waals surface area contributed by atoms with Crippen LogP contribution in [0.25, 0.3) is 108 Å². The molecular formula is C50H22.